The van der Waals surface area contributed by atoms with Gasteiger partial charge in [0.1, 0.15) is 5.82 Å². The van der Waals surface area contributed by atoms with Crippen LogP contribution in [0.2, 0.25) is 0 Å². The Morgan fingerprint density at radius 1 is 1.29 bits per heavy atom. The Kier molecular flexibility index (Phi) is 7.00. The molecule has 2 atom stereocenters. The molecule has 0 aromatic heterocycles. The first-order chi connectivity index (χ1) is 14.8. The molecular formula is C29H34FN. The third-order valence-electron chi connectivity index (χ3n) is 6.61. The Morgan fingerprint density at radius 2 is 2.06 bits per heavy atom. The first kappa shape index (κ1) is 22.8. The van der Waals surface area contributed by atoms with E-state index < -0.39 is 0 Å². The van der Waals surface area contributed by atoms with E-state index in [1.807, 2.05) is 18.2 Å². The molecule has 0 amide bonds. The van der Waals surface area contributed by atoms with Gasteiger partial charge < -0.3 is 4.90 Å². The van der Waals surface area contributed by atoms with Crippen molar-refractivity contribution in [1.29, 1.82) is 0 Å². The van der Waals surface area contributed by atoms with E-state index in [1.165, 1.54) is 35.8 Å². The maximum atomic E-state index is 13.5. The number of fused-ring (bicyclic) bond motifs is 1. The summed E-state index contributed by atoms with van der Waals surface area (Å²) in [6.45, 7) is 19.1. The van der Waals surface area contributed by atoms with Crippen molar-refractivity contribution in [2.24, 2.45) is 5.41 Å². The topological polar surface area (TPSA) is 3.24 Å². The molecule has 1 heterocycles. The summed E-state index contributed by atoms with van der Waals surface area (Å²) in [4.78, 5) is 2.45. The fourth-order valence-corrected chi connectivity index (χ4v) is 4.91. The first-order valence-corrected chi connectivity index (χ1v) is 11.0. The predicted molar refractivity (Wildman–Crippen MR) is 131 cm³/mol. The minimum Gasteiger partial charge on any atom is -0.345 e. The maximum Gasteiger partial charge on any atom is 0.123 e. The molecule has 0 radical (unpaired) electrons. The monoisotopic (exact) mass is 415 g/mol. The van der Waals surface area contributed by atoms with E-state index in [-0.39, 0.29) is 11.2 Å². The molecule has 1 aromatic rings. The van der Waals surface area contributed by atoms with Crippen LogP contribution in [-0.4, -0.2) is 10.9 Å². The fourth-order valence-electron chi connectivity index (χ4n) is 4.91. The first-order valence-electron chi connectivity index (χ1n) is 11.0. The van der Waals surface area contributed by atoms with Gasteiger partial charge in [0.05, 0.1) is 0 Å². The van der Waals surface area contributed by atoms with Crippen LogP contribution in [0, 0.1) is 11.2 Å². The summed E-state index contributed by atoms with van der Waals surface area (Å²) in [7, 11) is 0. The standard InChI is InChI=1S/C29H34FN/c1-7-8-9-11-21(2)18-23(4)31-24(5)27(29(6)17-16-28(29)31)15-14-22(3)19-25-12-10-13-26(30)20-25/h7-15,20,28H,1,3-4,16-19H2,2,5-6H3/b9-8-,15-14-,21-11+. The van der Waals surface area contributed by atoms with Crippen LogP contribution in [0.15, 0.2) is 109 Å². The molecule has 1 nitrogen and oxygen atoms in total. The zero-order valence-electron chi connectivity index (χ0n) is 19.1. The molecule has 0 saturated heterocycles. The van der Waals surface area contributed by atoms with Gasteiger partial charge in [0.25, 0.3) is 0 Å². The highest BCUT2D eigenvalue weighted by Gasteiger charge is 2.53. The average Bonchev–Trinajstić information content (AvgIpc) is 2.84. The van der Waals surface area contributed by atoms with Gasteiger partial charge in [0.15, 0.2) is 0 Å². The van der Waals surface area contributed by atoms with E-state index in [0.29, 0.717) is 12.5 Å². The van der Waals surface area contributed by atoms with Gasteiger partial charge in [0.2, 0.25) is 0 Å². The fraction of sp³-hybridized carbons (Fsp3) is 0.310. The number of allylic oxidation sites excluding steroid dienone is 9. The van der Waals surface area contributed by atoms with Crippen LogP contribution in [0.25, 0.3) is 0 Å². The van der Waals surface area contributed by atoms with Gasteiger partial charge in [-0.3, -0.25) is 0 Å². The predicted octanol–water partition coefficient (Wildman–Crippen LogP) is 7.83. The molecule has 2 aliphatic rings. The number of hydrogen-bond donors (Lipinski definition) is 0. The smallest absolute Gasteiger partial charge is 0.123 e. The van der Waals surface area contributed by atoms with Gasteiger partial charge in [0, 0.05) is 29.3 Å². The van der Waals surface area contributed by atoms with Crippen LogP contribution >= 0.6 is 0 Å². The molecule has 162 valence electrons. The van der Waals surface area contributed by atoms with Gasteiger partial charge >= 0.3 is 0 Å². The van der Waals surface area contributed by atoms with Gasteiger partial charge in [-0.05, 0) is 56.4 Å². The number of halogens is 1. The second-order valence-corrected chi connectivity index (χ2v) is 9.02. The molecule has 1 aliphatic carbocycles. The van der Waals surface area contributed by atoms with Gasteiger partial charge in [-0.15, -0.1) is 0 Å². The average molecular weight is 416 g/mol. The number of rotatable bonds is 9. The van der Waals surface area contributed by atoms with Crippen molar-refractivity contribution >= 4 is 0 Å². The molecule has 0 bridgehead atoms. The molecule has 3 rings (SSSR count). The minimum absolute atomic E-state index is 0.156. The number of nitrogens with zero attached hydrogens (tertiary/aromatic N) is 1. The third kappa shape index (κ3) is 4.90. The van der Waals surface area contributed by atoms with E-state index in [9.17, 15) is 4.39 Å². The Balaban J connectivity index is 1.75. The molecule has 1 saturated carbocycles. The van der Waals surface area contributed by atoms with Crippen LogP contribution in [0.3, 0.4) is 0 Å². The van der Waals surface area contributed by atoms with Gasteiger partial charge in [-0.25, -0.2) is 4.39 Å². The lowest BCUT2D eigenvalue weighted by atomic mass is 9.63. The normalized spacial score (nSPS) is 23.4. The zero-order chi connectivity index (χ0) is 22.6. The van der Waals surface area contributed by atoms with Crippen LogP contribution in [0.4, 0.5) is 4.39 Å². The number of hydrogen-bond acceptors (Lipinski definition) is 1. The van der Waals surface area contributed by atoms with E-state index in [0.717, 1.165) is 23.3 Å². The highest BCUT2D eigenvalue weighted by molar-refractivity contribution is 5.45. The second-order valence-electron chi connectivity index (χ2n) is 9.02. The lowest BCUT2D eigenvalue weighted by Gasteiger charge is -2.48. The van der Waals surface area contributed by atoms with E-state index in [1.54, 1.807) is 18.2 Å². The molecular weight excluding hydrogens is 381 g/mol. The highest BCUT2D eigenvalue weighted by Crippen LogP contribution is 2.58. The summed E-state index contributed by atoms with van der Waals surface area (Å²) < 4.78 is 13.5. The largest absolute Gasteiger partial charge is 0.345 e. The lowest BCUT2D eigenvalue weighted by Crippen LogP contribution is -2.47. The summed E-state index contributed by atoms with van der Waals surface area (Å²) in [6.07, 6.45) is 16.1. The molecule has 1 aliphatic heterocycles. The lowest BCUT2D eigenvalue weighted by molar-refractivity contribution is 0.0910. The third-order valence-corrected chi connectivity index (χ3v) is 6.61. The van der Waals surface area contributed by atoms with E-state index in [2.05, 4.69) is 63.6 Å². The molecule has 31 heavy (non-hydrogen) atoms. The zero-order valence-corrected chi connectivity index (χ0v) is 19.1. The molecule has 1 aromatic carbocycles. The van der Waals surface area contributed by atoms with Crippen LogP contribution < -0.4 is 0 Å². The maximum absolute atomic E-state index is 13.5. The summed E-state index contributed by atoms with van der Waals surface area (Å²) in [5, 5.41) is 0. The molecule has 2 heteroatoms. The summed E-state index contributed by atoms with van der Waals surface area (Å²) in [5.74, 6) is -0.202. The highest BCUT2D eigenvalue weighted by atomic mass is 19.1. The quantitative estimate of drug-likeness (QED) is 0.371. The van der Waals surface area contributed by atoms with E-state index in [4.69, 9.17) is 0 Å². The van der Waals surface area contributed by atoms with Crippen LogP contribution in [0.1, 0.15) is 45.6 Å². The van der Waals surface area contributed by atoms with E-state index >= 15 is 0 Å². The molecule has 0 spiro atoms. The molecule has 0 N–H and O–H groups in total. The van der Waals surface area contributed by atoms with Crippen molar-refractivity contribution in [2.75, 3.05) is 0 Å². The Morgan fingerprint density at radius 3 is 2.71 bits per heavy atom. The Bertz CT molecular complexity index is 1000. The SMILES string of the molecule is C=C/C=C\C=C(/C)CC(=C)N1C(C)=C(/C=C\C(=C)Cc2cccc(F)c2)C2(C)CCC12. The second kappa shape index (κ2) is 9.51. The van der Waals surface area contributed by atoms with Gasteiger partial charge in [-0.1, -0.05) is 86.4 Å². The van der Waals surface area contributed by atoms with Crippen molar-refractivity contribution in [3.8, 4) is 0 Å². The van der Waals surface area contributed by atoms with Gasteiger partial charge in [-0.2, -0.15) is 0 Å². The summed E-state index contributed by atoms with van der Waals surface area (Å²) >= 11 is 0. The van der Waals surface area contributed by atoms with Crippen molar-refractivity contribution < 1.29 is 4.39 Å². The van der Waals surface area contributed by atoms with Crippen molar-refractivity contribution in [2.45, 2.75) is 52.5 Å². The molecule has 1 fully saturated rings. The van der Waals surface area contributed by atoms with Crippen LogP contribution in [-0.2, 0) is 6.42 Å². The minimum atomic E-state index is -0.202. The Hall–Kier alpha value is -2.87. The van der Waals surface area contributed by atoms with Crippen molar-refractivity contribution in [1.82, 2.24) is 4.90 Å². The van der Waals surface area contributed by atoms with Crippen LogP contribution in [0.5, 0.6) is 0 Å². The number of benzene rings is 1. The summed E-state index contributed by atoms with van der Waals surface area (Å²) in [6, 6.07) is 7.22. The Labute approximate surface area is 187 Å². The molecule has 2 unspecified atom stereocenters. The van der Waals surface area contributed by atoms with Crippen molar-refractivity contribution in [3.05, 3.63) is 120 Å². The van der Waals surface area contributed by atoms with Crippen molar-refractivity contribution in [3.63, 3.8) is 0 Å². The summed E-state index contributed by atoms with van der Waals surface area (Å²) in [5.41, 5.74) is 7.18.